The molecule has 2 amide bonds. The fraction of sp³-hybridized carbons (Fsp3) is 0.231. The van der Waals surface area contributed by atoms with Crippen molar-refractivity contribution in [2.45, 2.75) is 0 Å². The van der Waals surface area contributed by atoms with Gasteiger partial charge in [0.15, 0.2) is 0 Å². The molecule has 0 aromatic heterocycles. The first-order valence-corrected chi connectivity index (χ1v) is 5.38. The number of nitrogens with zero attached hydrogens (tertiary/aromatic N) is 2. The van der Waals surface area contributed by atoms with Crippen LogP contribution in [0.2, 0.25) is 0 Å². The lowest BCUT2D eigenvalue weighted by Gasteiger charge is -2.31. The van der Waals surface area contributed by atoms with Crippen molar-refractivity contribution in [1.29, 1.82) is 0 Å². The fourth-order valence-corrected chi connectivity index (χ4v) is 1.72. The van der Waals surface area contributed by atoms with Gasteiger partial charge in [0.25, 0.3) is 5.91 Å². The van der Waals surface area contributed by atoms with Crippen LogP contribution in [0.15, 0.2) is 36.0 Å². The van der Waals surface area contributed by atoms with E-state index in [4.69, 9.17) is 0 Å². The van der Waals surface area contributed by atoms with Gasteiger partial charge in [-0.1, -0.05) is 30.3 Å². The van der Waals surface area contributed by atoms with Crippen LogP contribution in [0.3, 0.4) is 0 Å². The minimum Gasteiger partial charge on any atom is -0.331 e. The van der Waals surface area contributed by atoms with Crippen molar-refractivity contribution in [3.63, 3.8) is 0 Å². The predicted molar refractivity (Wildman–Crippen MR) is 64.8 cm³/mol. The van der Waals surface area contributed by atoms with E-state index in [9.17, 15) is 9.59 Å². The highest BCUT2D eigenvalue weighted by Gasteiger charge is 2.29. The van der Waals surface area contributed by atoms with Crippen molar-refractivity contribution < 1.29 is 9.59 Å². The topological polar surface area (TPSA) is 40.6 Å². The molecule has 1 fully saturated rings. The first-order chi connectivity index (χ1) is 8.09. The molecule has 1 heterocycles. The minimum atomic E-state index is -0.129. The SMILES string of the molecule is CN1CC(=O)N(C)/C(=C\c2ccccc2)C1=O. The molecule has 0 saturated carbocycles. The summed E-state index contributed by atoms with van der Waals surface area (Å²) in [7, 11) is 3.26. The monoisotopic (exact) mass is 230 g/mol. The van der Waals surface area contributed by atoms with Crippen molar-refractivity contribution in [3.8, 4) is 0 Å². The van der Waals surface area contributed by atoms with Gasteiger partial charge in [0.2, 0.25) is 5.91 Å². The lowest BCUT2D eigenvalue weighted by molar-refractivity contribution is -0.142. The Labute approximate surface area is 100 Å². The first kappa shape index (κ1) is 11.4. The van der Waals surface area contributed by atoms with E-state index in [2.05, 4.69) is 0 Å². The zero-order chi connectivity index (χ0) is 12.4. The average Bonchev–Trinajstić information content (AvgIpc) is 2.33. The molecular formula is C13H14N2O2. The summed E-state index contributed by atoms with van der Waals surface area (Å²) in [4.78, 5) is 26.4. The van der Waals surface area contributed by atoms with Crippen molar-refractivity contribution in [3.05, 3.63) is 41.6 Å². The number of hydrogen-bond acceptors (Lipinski definition) is 2. The zero-order valence-electron chi connectivity index (χ0n) is 9.88. The highest BCUT2D eigenvalue weighted by atomic mass is 16.2. The summed E-state index contributed by atoms with van der Waals surface area (Å²) >= 11 is 0. The molecule has 2 rings (SSSR count). The Hall–Kier alpha value is -2.10. The van der Waals surface area contributed by atoms with Gasteiger partial charge < -0.3 is 9.80 Å². The van der Waals surface area contributed by atoms with Crippen molar-refractivity contribution in [2.24, 2.45) is 0 Å². The Morgan fingerprint density at radius 1 is 1.12 bits per heavy atom. The van der Waals surface area contributed by atoms with Crippen molar-refractivity contribution in [1.82, 2.24) is 9.80 Å². The summed E-state index contributed by atoms with van der Waals surface area (Å²) in [5.74, 6) is -0.203. The predicted octanol–water partition coefficient (Wildman–Crippen LogP) is 0.958. The standard InChI is InChI=1S/C13H14N2O2/c1-14-9-12(16)15(2)11(13(14)17)8-10-6-4-3-5-7-10/h3-8H,9H2,1-2H3/b11-8-. The van der Waals surface area contributed by atoms with Gasteiger partial charge in [-0.2, -0.15) is 0 Å². The van der Waals surface area contributed by atoms with Crippen LogP contribution in [0.5, 0.6) is 0 Å². The molecular weight excluding hydrogens is 216 g/mol. The van der Waals surface area contributed by atoms with E-state index < -0.39 is 0 Å². The second-order valence-corrected chi connectivity index (χ2v) is 4.05. The van der Waals surface area contributed by atoms with E-state index in [1.54, 1.807) is 20.2 Å². The third kappa shape index (κ3) is 2.20. The van der Waals surface area contributed by atoms with Crippen molar-refractivity contribution in [2.75, 3.05) is 20.6 Å². The molecule has 0 unspecified atom stereocenters. The Kier molecular flexibility index (Phi) is 2.95. The van der Waals surface area contributed by atoms with Gasteiger partial charge in [-0.25, -0.2) is 0 Å². The molecule has 4 nitrogen and oxygen atoms in total. The third-order valence-electron chi connectivity index (χ3n) is 2.78. The maximum absolute atomic E-state index is 11.9. The Balaban J connectivity index is 2.38. The molecule has 1 aromatic rings. The molecule has 1 aliphatic heterocycles. The second-order valence-electron chi connectivity index (χ2n) is 4.05. The van der Waals surface area contributed by atoms with Gasteiger partial charge in [-0.3, -0.25) is 9.59 Å². The van der Waals surface area contributed by atoms with Crippen LogP contribution in [0, 0.1) is 0 Å². The molecule has 0 bridgehead atoms. The molecule has 1 aliphatic rings. The number of piperazine rings is 1. The largest absolute Gasteiger partial charge is 0.331 e. The summed E-state index contributed by atoms with van der Waals surface area (Å²) in [6.07, 6.45) is 1.73. The summed E-state index contributed by atoms with van der Waals surface area (Å²) in [5.41, 5.74) is 1.32. The number of carbonyl (C=O) groups excluding carboxylic acids is 2. The summed E-state index contributed by atoms with van der Waals surface area (Å²) in [6.45, 7) is 0.140. The number of likely N-dealkylation sites (N-methyl/N-ethyl adjacent to an activating group) is 2. The van der Waals surface area contributed by atoms with Gasteiger partial charge >= 0.3 is 0 Å². The zero-order valence-corrected chi connectivity index (χ0v) is 9.88. The van der Waals surface area contributed by atoms with Gasteiger partial charge in [0, 0.05) is 14.1 Å². The number of amides is 2. The van der Waals surface area contributed by atoms with E-state index in [0.29, 0.717) is 5.70 Å². The molecule has 0 atom stereocenters. The summed E-state index contributed by atoms with van der Waals surface area (Å²) in [6, 6.07) is 9.49. The van der Waals surface area contributed by atoms with Crippen LogP contribution in [-0.2, 0) is 9.59 Å². The maximum atomic E-state index is 11.9. The number of hydrogen-bond donors (Lipinski definition) is 0. The highest BCUT2D eigenvalue weighted by molar-refractivity contribution is 6.05. The minimum absolute atomic E-state index is 0.0747. The van der Waals surface area contributed by atoms with Crippen LogP contribution >= 0.6 is 0 Å². The van der Waals surface area contributed by atoms with E-state index in [-0.39, 0.29) is 18.4 Å². The quantitative estimate of drug-likeness (QED) is 0.674. The smallest absolute Gasteiger partial charge is 0.270 e. The fourth-order valence-electron chi connectivity index (χ4n) is 1.72. The number of benzene rings is 1. The molecule has 4 heteroatoms. The Bertz CT molecular complexity index is 479. The van der Waals surface area contributed by atoms with E-state index in [0.717, 1.165) is 5.56 Å². The number of rotatable bonds is 1. The van der Waals surface area contributed by atoms with Gasteiger partial charge in [0.05, 0.1) is 0 Å². The maximum Gasteiger partial charge on any atom is 0.270 e. The first-order valence-electron chi connectivity index (χ1n) is 5.38. The van der Waals surface area contributed by atoms with Gasteiger partial charge in [-0.15, -0.1) is 0 Å². The van der Waals surface area contributed by atoms with Crippen LogP contribution < -0.4 is 0 Å². The molecule has 0 radical (unpaired) electrons. The second kappa shape index (κ2) is 4.41. The van der Waals surface area contributed by atoms with Crippen LogP contribution in [0.4, 0.5) is 0 Å². The van der Waals surface area contributed by atoms with Crippen LogP contribution in [-0.4, -0.2) is 42.3 Å². The van der Waals surface area contributed by atoms with Gasteiger partial charge in [0.1, 0.15) is 12.2 Å². The normalized spacial score (nSPS) is 19.1. The summed E-state index contributed by atoms with van der Waals surface area (Å²) in [5, 5.41) is 0. The molecule has 1 saturated heterocycles. The van der Waals surface area contributed by atoms with E-state index in [1.807, 2.05) is 30.3 Å². The number of carbonyl (C=O) groups is 2. The Morgan fingerprint density at radius 2 is 1.76 bits per heavy atom. The molecule has 0 spiro atoms. The average molecular weight is 230 g/mol. The lowest BCUT2D eigenvalue weighted by Crippen LogP contribution is -2.48. The molecule has 17 heavy (non-hydrogen) atoms. The molecule has 1 aromatic carbocycles. The van der Waals surface area contributed by atoms with Gasteiger partial charge in [-0.05, 0) is 11.6 Å². The Morgan fingerprint density at radius 3 is 2.41 bits per heavy atom. The molecule has 0 N–H and O–H groups in total. The summed E-state index contributed by atoms with van der Waals surface area (Å²) < 4.78 is 0. The van der Waals surface area contributed by atoms with Crippen molar-refractivity contribution >= 4 is 17.9 Å². The highest BCUT2D eigenvalue weighted by Crippen LogP contribution is 2.16. The van der Waals surface area contributed by atoms with E-state index in [1.165, 1.54) is 9.80 Å². The van der Waals surface area contributed by atoms with Crippen LogP contribution in [0.1, 0.15) is 5.56 Å². The van der Waals surface area contributed by atoms with E-state index >= 15 is 0 Å². The molecule has 88 valence electrons. The molecule has 0 aliphatic carbocycles. The third-order valence-corrected chi connectivity index (χ3v) is 2.78. The lowest BCUT2D eigenvalue weighted by atomic mass is 10.1. The van der Waals surface area contributed by atoms with Crippen LogP contribution in [0.25, 0.3) is 6.08 Å².